The first kappa shape index (κ1) is 12.8. The van der Waals surface area contributed by atoms with E-state index in [4.69, 9.17) is 4.74 Å². The highest BCUT2D eigenvalue weighted by Crippen LogP contribution is 2.38. The van der Waals surface area contributed by atoms with Gasteiger partial charge in [0.1, 0.15) is 6.10 Å². The summed E-state index contributed by atoms with van der Waals surface area (Å²) in [6.45, 7) is 1.33. The van der Waals surface area contributed by atoms with Crippen LogP contribution >= 0.6 is 43.2 Å². The summed E-state index contributed by atoms with van der Waals surface area (Å²) in [5.74, 6) is 0. The van der Waals surface area contributed by atoms with E-state index in [1.165, 1.54) is 22.5 Å². The van der Waals surface area contributed by atoms with E-state index in [-0.39, 0.29) is 0 Å². The molecule has 1 unspecified atom stereocenters. The molecule has 2 heterocycles. The Hall–Kier alpha value is -0.200. The highest BCUT2D eigenvalue weighted by atomic mass is 79.9. The molecule has 1 atom stereocenters. The van der Waals surface area contributed by atoms with E-state index in [0.717, 1.165) is 18.7 Å². The minimum atomic E-state index is -0.580. The molecule has 0 spiro atoms. The summed E-state index contributed by atoms with van der Waals surface area (Å²) >= 11 is 8.43. The van der Waals surface area contributed by atoms with Crippen molar-refractivity contribution in [3.05, 3.63) is 54.1 Å². The smallest absolute Gasteiger partial charge is 0.113 e. The maximum Gasteiger partial charge on any atom is 0.113 e. The van der Waals surface area contributed by atoms with E-state index in [9.17, 15) is 5.11 Å². The molecule has 0 aliphatic carbocycles. The Morgan fingerprint density at radius 1 is 1.17 bits per heavy atom. The van der Waals surface area contributed by atoms with E-state index in [0.29, 0.717) is 13.2 Å². The first-order chi connectivity index (χ1) is 8.65. The van der Waals surface area contributed by atoms with Gasteiger partial charge in [-0.25, -0.2) is 0 Å². The van der Waals surface area contributed by atoms with Crippen molar-refractivity contribution in [2.75, 3.05) is 0 Å². The minimum Gasteiger partial charge on any atom is -0.383 e. The molecule has 0 radical (unpaired) electrons. The Balaban J connectivity index is 1.94. The Labute approximate surface area is 126 Å². The summed E-state index contributed by atoms with van der Waals surface area (Å²) in [6, 6.07) is 8.00. The van der Waals surface area contributed by atoms with Crippen LogP contribution in [-0.4, -0.2) is 5.11 Å². The summed E-state index contributed by atoms with van der Waals surface area (Å²) in [5, 5.41) is 10.4. The van der Waals surface area contributed by atoms with Crippen molar-refractivity contribution in [1.29, 1.82) is 0 Å². The van der Waals surface area contributed by atoms with Crippen molar-refractivity contribution >= 4 is 43.2 Å². The maximum atomic E-state index is 10.4. The zero-order chi connectivity index (χ0) is 12.7. The lowest BCUT2D eigenvalue weighted by Crippen LogP contribution is -1.98. The number of hydrogen-bond acceptors (Lipinski definition) is 3. The van der Waals surface area contributed by atoms with Crippen LogP contribution in [0.25, 0.3) is 0 Å². The van der Waals surface area contributed by atoms with Crippen molar-refractivity contribution in [1.82, 2.24) is 0 Å². The Bertz CT molecular complexity index is 575. The summed E-state index contributed by atoms with van der Waals surface area (Å²) < 4.78 is 7.36. The van der Waals surface area contributed by atoms with Crippen LogP contribution in [0.1, 0.15) is 27.7 Å². The van der Waals surface area contributed by atoms with E-state index in [1.807, 2.05) is 24.3 Å². The number of ether oxygens (including phenoxy) is 1. The molecule has 18 heavy (non-hydrogen) atoms. The van der Waals surface area contributed by atoms with Crippen LogP contribution in [0.5, 0.6) is 0 Å². The molecule has 5 heteroatoms. The molecule has 1 aromatic heterocycles. The topological polar surface area (TPSA) is 29.5 Å². The normalized spacial score (nSPS) is 15.7. The van der Waals surface area contributed by atoms with Gasteiger partial charge in [-0.15, -0.1) is 11.3 Å². The Morgan fingerprint density at radius 2 is 1.94 bits per heavy atom. The van der Waals surface area contributed by atoms with E-state index >= 15 is 0 Å². The van der Waals surface area contributed by atoms with Crippen LogP contribution in [0.2, 0.25) is 0 Å². The van der Waals surface area contributed by atoms with Crippen LogP contribution in [0.4, 0.5) is 0 Å². The number of fused-ring (bicyclic) bond motifs is 1. The fraction of sp³-hybridized carbons (Fsp3) is 0.231. The zero-order valence-corrected chi connectivity index (χ0v) is 13.3. The molecule has 0 saturated carbocycles. The van der Waals surface area contributed by atoms with Gasteiger partial charge in [-0.3, -0.25) is 0 Å². The molecule has 1 aliphatic heterocycles. The molecular formula is C13H10Br2O2S. The van der Waals surface area contributed by atoms with E-state index in [1.54, 1.807) is 0 Å². The molecule has 2 aromatic rings. The molecule has 0 bridgehead atoms. The molecule has 1 aromatic carbocycles. The van der Waals surface area contributed by atoms with Gasteiger partial charge in [-0.1, -0.05) is 18.2 Å². The molecule has 2 nitrogen and oxygen atoms in total. The standard InChI is InChI=1S/C13H10Br2O2S/c14-10-4-11(18-13(10)15)12(16)7-1-2-8-5-17-6-9(8)3-7/h1-4,12,16H,5-6H2. The summed E-state index contributed by atoms with van der Waals surface area (Å²) in [4.78, 5) is 0.924. The predicted molar refractivity (Wildman–Crippen MR) is 78.7 cm³/mol. The predicted octanol–water partition coefficient (Wildman–Crippen LogP) is 4.39. The number of halogens is 2. The molecule has 0 saturated heterocycles. The van der Waals surface area contributed by atoms with Crippen LogP contribution in [0, 0.1) is 0 Å². The number of hydrogen-bond donors (Lipinski definition) is 1. The largest absolute Gasteiger partial charge is 0.383 e. The van der Waals surface area contributed by atoms with Crippen molar-refractivity contribution < 1.29 is 9.84 Å². The number of rotatable bonds is 2. The molecule has 1 N–H and O–H groups in total. The second-order valence-corrected chi connectivity index (χ2v) is 7.45. The van der Waals surface area contributed by atoms with Crippen LogP contribution in [-0.2, 0) is 18.0 Å². The second-order valence-electron chi connectivity index (χ2n) is 4.19. The minimum absolute atomic E-state index is 0.580. The first-order valence-electron chi connectivity index (χ1n) is 5.47. The number of aliphatic hydroxyl groups excluding tert-OH is 1. The summed E-state index contributed by atoms with van der Waals surface area (Å²) in [5.41, 5.74) is 3.32. The van der Waals surface area contributed by atoms with E-state index < -0.39 is 6.10 Å². The van der Waals surface area contributed by atoms with Gasteiger partial charge in [0, 0.05) is 9.35 Å². The van der Waals surface area contributed by atoms with Crippen molar-refractivity contribution in [2.45, 2.75) is 19.3 Å². The molecule has 3 rings (SSSR count). The van der Waals surface area contributed by atoms with Gasteiger partial charge in [-0.05, 0) is 54.6 Å². The summed E-state index contributed by atoms with van der Waals surface area (Å²) in [6.07, 6.45) is -0.580. The highest BCUT2D eigenvalue weighted by Gasteiger charge is 2.18. The number of aliphatic hydroxyl groups is 1. The lowest BCUT2D eigenvalue weighted by atomic mass is 10.0. The van der Waals surface area contributed by atoms with Crippen molar-refractivity contribution in [3.63, 3.8) is 0 Å². The second kappa shape index (κ2) is 5.06. The maximum absolute atomic E-state index is 10.4. The average molecular weight is 390 g/mol. The van der Waals surface area contributed by atoms with Crippen LogP contribution < -0.4 is 0 Å². The molecular weight excluding hydrogens is 380 g/mol. The van der Waals surface area contributed by atoms with Gasteiger partial charge in [0.25, 0.3) is 0 Å². The fourth-order valence-electron chi connectivity index (χ4n) is 2.02. The van der Waals surface area contributed by atoms with Gasteiger partial charge >= 0.3 is 0 Å². The third-order valence-corrected chi connectivity index (χ3v) is 6.30. The monoisotopic (exact) mass is 388 g/mol. The molecule has 94 valence electrons. The molecule has 0 fully saturated rings. The lowest BCUT2D eigenvalue weighted by molar-refractivity contribution is 0.134. The van der Waals surface area contributed by atoms with Gasteiger partial charge in [0.2, 0.25) is 0 Å². The molecule has 0 amide bonds. The fourth-order valence-corrected chi connectivity index (χ4v) is 4.13. The van der Waals surface area contributed by atoms with Crippen LogP contribution in [0.15, 0.2) is 32.5 Å². The SMILES string of the molecule is OC(c1ccc2c(c1)COC2)c1cc(Br)c(Br)s1. The third kappa shape index (κ3) is 2.30. The van der Waals surface area contributed by atoms with Crippen molar-refractivity contribution in [2.24, 2.45) is 0 Å². The van der Waals surface area contributed by atoms with Gasteiger partial charge in [0.15, 0.2) is 0 Å². The zero-order valence-electron chi connectivity index (χ0n) is 9.32. The Kier molecular flexibility index (Phi) is 3.60. The number of thiophene rings is 1. The van der Waals surface area contributed by atoms with E-state index in [2.05, 4.69) is 31.9 Å². The van der Waals surface area contributed by atoms with Gasteiger partial charge in [0.05, 0.1) is 17.0 Å². The quantitative estimate of drug-likeness (QED) is 0.825. The average Bonchev–Trinajstić information content (AvgIpc) is 2.95. The highest BCUT2D eigenvalue weighted by molar-refractivity contribution is 9.13. The Morgan fingerprint density at radius 3 is 2.67 bits per heavy atom. The first-order valence-corrected chi connectivity index (χ1v) is 7.87. The van der Waals surface area contributed by atoms with Crippen molar-refractivity contribution in [3.8, 4) is 0 Å². The number of benzene rings is 1. The molecule has 1 aliphatic rings. The van der Waals surface area contributed by atoms with Gasteiger partial charge < -0.3 is 9.84 Å². The third-order valence-electron chi connectivity index (χ3n) is 2.99. The summed E-state index contributed by atoms with van der Waals surface area (Å²) in [7, 11) is 0. The van der Waals surface area contributed by atoms with Gasteiger partial charge in [-0.2, -0.15) is 0 Å². The van der Waals surface area contributed by atoms with Crippen LogP contribution in [0.3, 0.4) is 0 Å². The lowest BCUT2D eigenvalue weighted by Gasteiger charge is -2.10.